The molecule has 4 nitrogen and oxygen atoms in total. The molecule has 1 unspecified atom stereocenters. The molecule has 106 valence electrons. The Labute approximate surface area is 122 Å². The Morgan fingerprint density at radius 1 is 1.40 bits per heavy atom. The van der Waals surface area contributed by atoms with Crippen molar-refractivity contribution in [2.24, 2.45) is 0 Å². The van der Waals surface area contributed by atoms with E-state index in [1.807, 2.05) is 0 Å². The van der Waals surface area contributed by atoms with Gasteiger partial charge in [0.25, 0.3) is 0 Å². The SMILES string of the molecule is CNC(Cc1cc(OC)ncn1)c1c(F)cccc1Cl. The van der Waals surface area contributed by atoms with Gasteiger partial charge in [-0.3, -0.25) is 0 Å². The van der Waals surface area contributed by atoms with Gasteiger partial charge in [0, 0.05) is 34.8 Å². The highest BCUT2D eigenvalue weighted by atomic mass is 35.5. The first-order valence-corrected chi connectivity index (χ1v) is 6.49. The molecule has 0 amide bonds. The fourth-order valence-corrected chi connectivity index (χ4v) is 2.30. The van der Waals surface area contributed by atoms with Crippen molar-refractivity contribution in [3.63, 3.8) is 0 Å². The zero-order valence-electron chi connectivity index (χ0n) is 11.2. The number of methoxy groups -OCH3 is 1. The molecule has 0 aliphatic carbocycles. The Bertz CT molecular complexity index is 574. The van der Waals surface area contributed by atoms with Crippen LogP contribution in [-0.2, 0) is 6.42 Å². The molecule has 0 aliphatic rings. The van der Waals surface area contributed by atoms with Gasteiger partial charge in [0.2, 0.25) is 5.88 Å². The molecule has 0 fully saturated rings. The van der Waals surface area contributed by atoms with Crippen LogP contribution in [0.5, 0.6) is 5.88 Å². The fraction of sp³-hybridized carbons (Fsp3) is 0.286. The van der Waals surface area contributed by atoms with Gasteiger partial charge < -0.3 is 10.1 Å². The average Bonchev–Trinajstić information content (AvgIpc) is 2.46. The number of halogens is 2. The highest BCUT2D eigenvalue weighted by Crippen LogP contribution is 2.28. The lowest BCUT2D eigenvalue weighted by Gasteiger charge is -2.18. The summed E-state index contributed by atoms with van der Waals surface area (Å²) in [6.07, 6.45) is 1.90. The number of rotatable bonds is 5. The minimum absolute atomic E-state index is 0.275. The Morgan fingerprint density at radius 2 is 2.20 bits per heavy atom. The largest absolute Gasteiger partial charge is 0.481 e. The molecule has 0 radical (unpaired) electrons. The first kappa shape index (κ1) is 14.7. The molecule has 0 aliphatic heterocycles. The third-order valence-corrected chi connectivity index (χ3v) is 3.35. The van der Waals surface area contributed by atoms with Crippen LogP contribution in [0.4, 0.5) is 4.39 Å². The monoisotopic (exact) mass is 295 g/mol. The first-order chi connectivity index (χ1) is 9.65. The van der Waals surface area contributed by atoms with Crippen LogP contribution < -0.4 is 10.1 Å². The molecule has 1 atom stereocenters. The van der Waals surface area contributed by atoms with Gasteiger partial charge in [0.1, 0.15) is 12.1 Å². The van der Waals surface area contributed by atoms with Crippen molar-refractivity contribution in [2.45, 2.75) is 12.5 Å². The third kappa shape index (κ3) is 3.23. The zero-order valence-corrected chi connectivity index (χ0v) is 12.0. The Balaban J connectivity index is 2.29. The van der Waals surface area contributed by atoms with Crippen molar-refractivity contribution >= 4 is 11.6 Å². The minimum atomic E-state index is -0.335. The summed E-state index contributed by atoms with van der Waals surface area (Å²) in [5.41, 5.74) is 1.18. The van der Waals surface area contributed by atoms with Crippen LogP contribution in [0.3, 0.4) is 0 Å². The second-order valence-electron chi connectivity index (χ2n) is 4.23. The number of likely N-dealkylation sites (N-methyl/N-ethyl adjacent to an activating group) is 1. The molecule has 0 bridgehead atoms. The maximum Gasteiger partial charge on any atom is 0.216 e. The summed E-state index contributed by atoms with van der Waals surface area (Å²) < 4.78 is 19.0. The number of benzene rings is 1. The van der Waals surface area contributed by atoms with E-state index in [1.54, 1.807) is 25.2 Å². The molecule has 2 rings (SSSR count). The van der Waals surface area contributed by atoms with Gasteiger partial charge in [0.15, 0.2) is 0 Å². The maximum atomic E-state index is 14.0. The predicted octanol–water partition coefficient (Wildman–Crippen LogP) is 2.78. The summed E-state index contributed by atoms with van der Waals surface area (Å²) in [6, 6.07) is 6.10. The van der Waals surface area contributed by atoms with Gasteiger partial charge >= 0.3 is 0 Å². The third-order valence-electron chi connectivity index (χ3n) is 3.02. The number of nitrogens with zero attached hydrogens (tertiary/aromatic N) is 2. The van der Waals surface area contributed by atoms with Gasteiger partial charge in [-0.05, 0) is 19.2 Å². The lowest BCUT2D eigenvalue weighted by Crippen LogP contribution is -2.21. The number of hydrogen-bond acceptors (Lipinski definition) is 4. The van der Waals surface area contributed by atoms with E-state index in [4.69, 9.17) is 16.3 Å². The molecule has 0 saturated carbocycles. The number of hydrogen-bond donors (Lipinski definition) is 1. The Hall–Kier alpha value is -1.72. The summed E-state index contributed by atoms with van der Waals surface area (Å²) in [5, 5.41) is 3.45. The van der Waals surface area contributed by atoms with Crippen LogP contribution in [-0.4, -0.2) is 24.1 Å². The molecule has 1 aromatic carbocycles. The quantitative estimate of drug-likeness (QED) is 0.921. The summed E-state index contributed by atoms with van der Waals surface area (Å²) in [6.45, 7) is 0. The predicted molar refractivity (Wildman–Crippen MR) is 75.5 cm³/mol. The second-order valence-corrected chi connectivity index (χ2v) is 4.64. The van der Waals surface area contributed by atoms with E-state index < -0.39 is 0 Å². The first-order valence-electron chi connectivity index (χ1n) is 6.11. The summed E-state index contributed by atoms with van der Waals surface area (Å²) >= 11 is 6.09. The van der Waals surface area contributed by atoms with Crippen LogP contribution in [0, 0.1) is 5.82 Å². The molecule has 2 aromatic rings. The second kappa shape index (κ2) is 6.63. The van der Waals surface area contributed by atoms with Crippen molar-refractivity contribution in [2.75, 3.05) is 14.2 Å². The molecule has 1 N–H and O–H groups in total. The van der Waals surface area contributed by atoms with E-state index in [9.17, 15) is 4.39 Å². The minimum Gasteiger partial charge on any atom is -0.481 e. The Kier molecular flexibility index (Phi) is 4.87. The highest BCUT2D eigenvalue weighted by Gasteiger charge is 2.18. The Morgan fingerprint density at radius 3 is 2.85 bits per heavy atom. The normalized spacial score (nSPS) is 12.2. The van der Waals surface area contributed by atoms with Gasteiger partial charge in [-0.2, -0.15) is 0 Å². The smallest absolute Gasteiger partial charge is 0.216 e. The van der Waals surface area contributed by atoms with Crippen LogP contribution in [0.2, 0.25) is 5.02 Å². The molecule has 1 aromatic heterocycles. The summed E-state index contributed by atoms with van der Waals surface area (Å²) in [5.74, 6) is 0.141. The molecule has 20 heavy (non-hydrogen) atoms. The lowest BCUT2D eigenvalue weighted by molar-refractivity contribution is 0.395. The van der Waals surface area contributed by atoms with E-state index in [-0.39, 0.29) is 11.9 Å². The zero-order chi connectivity index (χ0) is 14.5. The van der Waals surface area contributed by atoms with Gasteiger partial charge in [-0.15, -0.1) is 0 Å². The number of aromatic nitrogens is 2. The van der Waals surface area contributed by atoms with Crippen LogP contribution in [0.25, 0.3) is 0 Å². The molecular weight excluding hydrogens is 281 g/mol. The molecular formula is C14H15ClFN3O. The van der Waals surface area contributed by atoms with E-state index in [0.29, 0.717) is 22.9 Å². The van der Waals surface area contributed by atoms with Crippen LogP contribution in [0.15, 0.2) is 30.6 Å². The van der Waals surface area contributed by atoms with Crippen molar-refractivity contribution in [1.82, 2.24) is 15.3 Å². The number of ether oxygens (including phenoxy) is 1. The van der Waals surface area contributed by atoms with Gasteiger partial charge in [-0.25, -0.2) is 14.4 Å². The van der Waals surface area contributed by atoms with Crippen molar-refractivity contribution in [3.05, 3.63) is 52.7 Å². The molecule has 0 saturated heterocycles. The average molecular weight is 296 g/mol. The highest BCUT2D eigenvalue weighted by molar-refractivity contribution is 6.31. The van der Waals surface area contributed by atoms with Crippen molar-refractivity contribution < 1.29 is 9.13 Å². The van der Waals surface area contributed by atoms with Crippen molar-refractivity contribution in [3.8, 4) is 5.88 Å². The topological polar surface area (TPSA) is 47.0 Å². The van der Waals surface area contributed by atoms with Crippen molar-refractivity contribution in [1.29, 1.82) is 0 Å². The van der Waals surface area contributed by atoms with Gasteiger partial charge in [0.05, 0.1) is 7.11 Å². The van der Waals surface area contributed by atoms with E-state index in [1.165, 1.54) is 19.5 Å². The lowest BCUT2D eigenvalue weighted by atomic mass is 10.0. The standard InChI is InChI=1S/C14H15ClFN3O/c1-17-12(14-10(15)4-3-5-11(14)16)6-9-7-13(20-2)19-8-18-9/h3-5,7-8,12,17H,6H2,1-2H3. The van der Waals surface area contributed by atoms with E-state index in [0.717, 1.165) is 5.69 Å². The fourth-order valence-electron chi connectivity index (χ4n) is 2.00. The maximum absolute atomic E-state index is 14.0. The van der Waals surface area contributed by atoms with Crippen LogP contribution >= 0.6 is 11.6 Å². The molecule has 1 heterocycles. The van der Waals surface area contributed by atoms with Crippen LogP contribution in [0.1, 0.15) is 17.3 Å². The van der Waals surface area contributed by atoms with E-state index in [2.05, 4.69) is 15.3 Å². The molecule has 0 spiro atoms. The van der Waals surface area contributed by atoms with E-state index >= 15 is 0 Å². The summed E-state index contributed by atoms with van der Waals surface area (Å²) in [4.78, 5) is 8.11. The number of nitrogens with one attached hydrogen (secondary N) is 1. The molecule has 6 heteroatoms. The summed E-state index contributed by atoms with van der Waals surface area (Å²) in [7, 11) is 3.29. The van der Waals surface area contributed by atoms with Gasteiger partial charge in [-0.1, -0.05) is 17.7 Å².